The number of nitrogens with one attached hydrogen (secondary N) is 1. The number of nitrogens with zero attached hydrogens (tertiary/aromatic N) is 3. The van der Waals surface area contributed by atoms with Crippen molar-refractivity contribution in [2.24, 2.45) is 4.99 Å². The molecule has 5 nitrogen and oxygen atoms in total. The second-order valence-electron chi connectivity index (χ2n) is 5.07. The molecule has 1 aromatic carbocycles. The minimum atomic E-state index is 0. The number of ether oxygens (including phenoxy) is 1. The van der Waals surface area contributed by atoms with Crippen LogP contribution >= 0.6 is 51.2 Å². The van der Waals surface area contributed by atoms with Gasteiger partial charge in [-0.05, 0) is 25.1 Å². The summed E-state index contributed by atoms with van der Waals surface area (Å²) >= 11 is 5.16. The van der Waals surface area contributed by atoms with Crippen LogP contribution in [0, 0.1) is 6.92 Å². The zero-order valence-electron chi connectivity index (χ0n) is 14.2. The summed E-state index contributed by atoms with van der Waals surface area (Å²) in [5, 5.41) is 6.52. The highest BCUT2D eigenvalue weighted by molar-refractivity contribution is 14.0. The molecule has 8 heteroatoms. The molecule has 0 aliphatic carbocycles. The van der Waals surface area contributed by atoms with Crippen molar-refractivity contribution in [3.8, 4) is 5.75 Å². The fourth-order valence-electron chi connectivity index (χ4n) is 2.24. The first-order valence-corrected chi connectivity index (χ1v) is 8.86. The van der Waals surface area contributed by atoms with Gasteiger partial charge in [-0.3, -0.25) is 4.99 Å². The molecule has 0 atom stereocenters. The van der Waals surface area contributed by atoms with E-state index in [2.05, 4.69) is 41.5 Å². The van der Waals surface area contributed by atoms with Crippen LogP contribution in [-0.4, -0.2) is 37.0 Å². The van der Waals surface area contributed by atoms with Gasteiger partial charge in [0.05, 0.1) is 24.4 Å². The number of benzene rings is 1. The lowest BCUT2D eigenvalue weighted by atomic mass is 10.2. The van der Waals surface area contributed by atoms with Crippen molar-refractivity contribution in [3.05, 3.63) is 44.3 Å². The Kier molecular flexibility index (Phi) is 8.99. The van der Waals surface area contributed by atoms with Crippen molar-refractivity contribution in [1.82, 2.24) is 15.2 Å². The maximum Gasteiger partial charge on any atom is 0.194 e. The molecular formula is C16H22BrIN4OS. The van der Waals surface area contributed by atoms with Gasteiger partial charge in [-0.2, -0.15) is 0 Å². The van der Waals surface area contributed by atoms with E-state index in [9.17, 15) is 0 Å². The third kappa shape index (κ3) is 5.89. The predicted molar refractivity (Wildman–Crippen MR) is 115 cm³/mol. The van der Waals surface area contributed by atoms with Crippen LogP contribution in [0.2, 0.25) is 0 Å². The van der Waals surface area contributed by atoms with Gasteiger partial charge < -0.3 is 15.0 Å². The number of guanidine groups is 1. The minimum Gasteiger partial charge on any atom is -0.496 e. The van der Waals surface area contributed by atoms with Crippen molar-refractivity contribution in [3.63, 3.8) is 0 Å². The van der Waals surface area contributed by atoms with E-state index >= 15 is 0 Å². The van der Waals surface area contributed by atoms with Crippen LogP contribution in [0.5, 0.6) is 5.75 Å². The van der Waals surface area contributed by atoms with Crippen LogP contribution in [0.15, 0.2) is 33.0 Å². The third-order valence-electron chi connectivity index (χ3n) is 3.32. The van der Waals surface area contributed by atoms with Gasteiger partial charge in [0.25, 0.3) is 0 Å². The topological polar surface area (TPSA) is 49.8 Å². The Balaban J connectivity index is 0.00000288. The number of aromatic nitrogens is 1. The normalized spacial score (nSPS) is 11.0. The molecule has 0 aliphatic rings. The number of halogens is 2. The summed E-state index contributed by atoms with van der Waals surface area (Å²) in [5.74, 6) is 1.67. The van der Waals surface area contributed by atoms with Gasteiger partial charge in [0.1, 0.15) is 5.75 Å². The number of thiazole rings is 1. The van der Waals surface area contributed by atoms with Gasteiger partial charge in [-0.15, -0.1) is 35.3 Å². The van der Waals surface area contributed by atoms with Crippen LogP contribution in [0.25, 0.3) is 0 Å². The second-order valence-corrected chi connectivity index (χ2v) is 7.05. The Morgan fingerprint density at radius 1 is 1.46 bits per heavy atom. The summed E-state index contributed by atoms with van der Waals surface area (Å²) < 4.78 is 6.43. The first kappa shape index (κ1) is 21.2. The average molecular weight is 525 g/mol. The van der Waals surface area contributed by atoms with Crippen molar-refractivity contribution < 1.29 is 4.74 Å². The summed E-state index contributed by atoms with van der Waals surface area (Å²) in [4.78, 5) is 10.9. The molecule has 0 unspecified atom stereocenters. The van der Waals surface area contributed by atoms with Crippen LogP contribution in [-0.2, 0) is 13.1 Å². The van der Waals surface area contributed by atoms with Crippen LogP contribution in [0.3, 0.4) is 0 Å². The number of aliphatic imine (C=N–C) groups is 1. The first-order valence-electron chi connectivity index (χ1n) is 7.18. The van der Waals surface area contributed by atoms with Crippen LogP contribution in [0.4, 0.5) is 0 Å². The molecule has 2 aromatic rings. The highest BCUT2D eigenvalue weighted by Crippen LogP contribution is 2.22. The summed E-state index contributed by atoms with van der Waals surface area (Å²) in [7, 11) is 5.46. The standard InChI is InChI=1S/C16H21BrN4OS.HI/c1-11-20-14(10-23-11)9-21(3)16(18-2)19-8-12-7-13(17)5-6-15(12)22-4;/h5-7,10H,8-9H2,1-4H3,(H,18,19);1H. The lowest BCUT2D eigenvalue weighted by Gasteiger charge is -2.21. The largest absolute Gasteiger partial charge is 0.496 e. The second kappa shape index (κ2) is 10.2. The monoisotopic (exact) mass is 524 g/mol. The molecule has 0 radical (unpaired) electrons. The molecular weight excluding hydrogens is 503 g/mol. The van der Waals surface area contributed by atoms with Gasteiger partial charge in [0, 0.05) is 36.1 Å². The van der Waals surface area contributed by atoms with E-state index in [0.29, 0.717) is 6.54 Å². The van der Waals surface area contributed by atoms with Gasteiger partial charge in [-0.25, -0.2) is 4.98 Å². The Morgan fingerprint density at radius 2 is 2.21 bits per heavy atom. The van der Waals surface area contributed by atoms with E-state index in [-0.39, 0.29) is 24.0 Å². The van der Waals surface area contributed by atoms with E-state index in [4.69, 9.17) is 4.74 Å². The van der Waals surface area contributed by atoms with Gasteiger partial charge in [0.2, 0.25) is 0 Å². The fraction of sp³-hybridized carbons (Fsp3) is 0.375. The number of rotatable bonds is 5. The summed E-state index contributed by atoms with van der Waals surface area (Å²) in [6, 6.07) is 5.96. The SMILES string of the molecule is CN=C(NCc1cc(Br)ccc1OC)N(C)Cc1csc(C)n1.I. The molecule has 1 heterocycles. The smallest absolute Gasteiger partial charge is 0.194 e. The zero-order chi connectivity index (χ0) is 16.8. The fourth-order valence-corrected chi connectivity index (χ4v) is 3.26. The summed E-state index contributed by atoms with van der Waals surface area (Å²) in [6.45, 7) is 3.37. The van der Waals surface area contributed by atoms with Gasteiger partial charge in [0.15, 0.2) is 5.96 Å². The van der Waals surface area contributed by atoms with Gasteiger partial charge >= 0.3 is 0 Å². The lowest BCUT2D eigenvalue weighted by molar-refractivity contribution is 0.408. The van der Waals surface area contributed by atoms with Crippen molar-refractivity contribution in [1.29, 1.82) is 0 Å². The maximum absolute atomic E-state index is 5.40. The average Bonchev–Trinajstić information content (AvgIpc) is 2.93. The number of aryl methyl sites for hydroxylation is 1. The molecule has 132 valence electrons. The highest BCUT2D eigenvalue weighted by Gasteiger charge is 2.10. The molecule has 24 heavy (non-hydrogen) atoms. The summed E-state index contributed by atoms with van der Waals surface area (Å²) in [6.07, 6.45) is 0. The van der Waals surface area contributed by atoms with E-state index in [1.807, 2.05) is 32.2 Å². The zero-order valence-corrected chi connectivity index (χ0v) is 18.9. The van der Waals surface area contributed by atoms with E-state index < -0.39 is 0 Å². The Labute approximate surface area is 172 Å². The molecule has 0 spiro atoms. The molecule has 0 bridgehead atoms. The number of hydrogen-bond donors (Lipinski definition) is 1. The van der Waals surface area contributed by atoms with Gasteiger partial charge in [-0.1, -0.05) is 15.9 Å². The minimum absolute atomic E-state index is 0. The Bertz CT molecular complexity index is 692. The molecule has 2 rings (SSSR count). The predicted octanol–water partition coefficient (Wildman–Crippen LogP) is 4.05. The molecule has 1 N–H and O–H groups in total. The first-order chi connectivity index (χ1) is 11.0. The van der Waals surface area contributed by atoms with Crippen LogP contribution < -0.4 is 10.1 Å². The van der Waals surface area contributed by atoms with Crippen molar-refractivity contribution >= 4 is 57.2 Å². The Hall–Kier alpha value is -0.870. The van der Waals surface area contributed by atoms with E-state index in [1.165, 1.54) is 0 Å². The molecule has 1 aromatic heterocycles. The number of hydrogen-bond acceptors (Lipinski definition) is 4. The summed E-state index contributed by atoms with van der Waals surface area (Å²) in [5.41, 5.74) is 2.12. The molecule has 0 amide bonds. The third-order valence-corrected chi connectivity index (χ3v) is 4.63. The number of methoxy groups -OCH3 is 1. The van der Waals surface area contributed by atoms with Crippen LogP contribution in [0.1, 0.15) is 16.3 Å². The van der Waals surface area contributed by atoms with E-state index in [1.54, 1.807) is 25.5 Å². The highest BCUT2D eigenvalue weighted by atomic mass is 127. The lowest BCUT2D eigenvalue weighted by Crippen LogP contribution is -2.38. The molecule has 0 fully saturated rings. The molecule has 0 saturated carbocycles. The Morgan fingerprint density at radius 3 is 2.79 bits per heavy atom. The van der Waals surface area contributed by atoms with Crippen molar-refractivity contribution in [2.75, 3.05) is 21.2 Å². The molecule has 0 saturated heterocycles. The van der Waals surface area contributed by atoms with Crippen molar-refractivity contribution in [2.45, 2.75) is 20.0 Å². The quantitative estimate of drug-likeness (QED) is 0.364. The molecule has 0 aliphatic heterocycles. The maximum atomic E-state index is 5.40. The van der Waals surface area contributed by atoms with E-state index in [0.717, 1.165) is 39.0 Å².